The second-order valence-corrected chi connectivity index (χ2v) is 8.82. The molecule has 3 unspecified atom stereocenters. The van der Waals surface area contributed by atoms with E-state index in [0.717, 1.165) is 19.3 Å². The third-order valence-electron chi connectivity index (χ3n) is 5.95. The lowest BCUT2D eigenvalue weighted by molar-refractivity contribution is -0.179. The van der Waals surface area contributed by atoms with Gasteiger partial charge in [-0.25, -0.2) is 0 Å². The third kappa shape index (κ3) is 11.4. The monoisotopic (exact) mass is 464 g/mol. The van der Waals surface area contributed by atoms with Crippen LogP contribution in [0.5, 0.6) is 0 Å². The van der Waals surface area contributed by atoms with Crippen LogP contribution in [0.25, 0.3) is 0 Å². The Kier molecular flexibility index (Phi) is 15.3. The largest absolute Gasteiger partial charge is 0.457 e. The Morgan fingerprint density at radius 3 is 1.75 bits per heavy atom. The van der Waals surface area contributed by atoms with E-state index in [9.17, 15) is 30.3 Å². The molecule has 1 aliphatic heterocycles. The summed E-state index contributed by atoms with van der Waals surface area (Å²) in [6, 6.07) is 0. The Morgan fingerprint density at radius 2 is 1.28 bits per heavy atom. The quantitative estimate of drug-likeness (QED) is 0.0869. The number of rotatable bonds is 20. The average Bonchev–Trinajstić information content (AvgIpc) is 3.63. The highest BCUT2D eigenvalue weighted by molar-refractivity contribution is 5.69. The second kappa shape index (κ2) is 16.7. The Labute approximate surface area is 191 Å². The van der Waals surface area contributed by atoms with Gasteiger partial charge in [0.1, 0.15) is 36.6 Å². The summed E-state index contributed by atoms with van der Waals surface area (Å²) in [6.07, 6.45) is 1.96. The number of aliphatic hydroxyl groups excluding tert-OH is 6. The van der Waals surface area contributed by atoms with Crippen LogP contribution in [0.15, 0.2) is 0 Å². The molecule has 1 rings (SSSR count). The van der Waals surface area contributed by atoms with E-state index in [0.29, 0.717) is 6.42 Å². The van der Waals surface area contributed by atoms with Crippen LogP contribution in [0.1, 0.15) is 84.0 Å². The van der Waals surface area contributed by atoms with E-state index < -0.39 is 55.3 Å². The maximum absolute atomic E-state index is 12.2. The fraction of sp³-hybridized carbons (Fsp3) is 0.957. The fourth-order valence-corrected chi connectivity index (χ4v) is 3.69. The van der Waals surface area contributed by atoms with E-state index in [4.69, 9.17) is 14.6 Å². The van der Waals surface area contributed by atoms with Crippen LogP contribution in [0.2, 0.25) is 0 Å². The number of ether oxygens (including phenoxy) is 2. The lowest BCUT2D eigenvalue weighted by atomic mass is 9.95. The Balaban J connectivity index is 2.26. The number of aliphatic hydroxyl groups is 6. The first-order valence-corrected chi connectivity index (χ1v) is 12.2. The van der Waals surface area contributed by atoms with Gasteiger partial charge in [0.15, 0.2) is 6.10 Å². The number of carbonyl (C=O) groups is 1. The predicted molar refractivity (Wildman–Crippen MR) is 118 cm³/mol. The molecule has 1 aliphatic rings. The van der Waals surface area contributed by atoms with Gasteiger partial charge in [-0.05, 0) is 6.42 Å². The molecule has 0 bridgehead atoms. The highest BCUT2D eigenvalue weighted by Crippen LogP contribution is 2.24. The number of hydrogen-bond donors (Lipinski definition) is 6. The van der Waals surface area contributed by atoms with Crippen molar-refractivity contribution in [1.29, 1.82) is 0 Å². The van der Waals surface area contributed by atoms with Gasteiger partial charge < -0.3 is 40.1 Å². The molecule has 0 spiro atoms. The van der Waals surface area contributed by atoms with Crippen LogP contribution in [0.4, 0.5) is 0 Å². The summed E-state index contributed by atoms with van der Waals surface area (Å²) in [6.45, 7) is 1.62. The molecule has 0 aromatic rings. The Hall–Kier alpha value is -0.810. The van der Waals surface area contributed by atoms with E-state index in [1.807, 2.05) is 0 Å². The van der Waals surface area contributed by atoms with Crippen molar-refractivity contribution in [2.24, 2.45) is 0 Å². The standard InChI is InChI=1S/C23H44O9/c1-2-3-4-5-6-7-8-9-10-11-12-13-18(26)32-23(17-15-31-17)22(30)21(29)20(28)19(27)16(25)14-24/h16-17,19-25,27-30H,2-15H2,1H3/t16-,17?,19-,20+,21-,22?,23?/m1/s1. The number of hydrogen-bond acceptors (Lipinski definition) is 9. The van der Waals surface area contributed by atoms with Gasteiger partial charge in [0.25, 0.3) is 0 Å². The number of epoxide rings is 1. The minimum atomic E-state index is -1.95. The van der Waals surface area contributed by atoms with Crippen molar-refractivity contribution < 1.29 is 44.9 Å². The van der Waals surface area contributed by atoms with Gasteiger partial charge in [-0.1, -0.05) is 71.1 Å². The van der Waals surface area contributed by atoms with Gasteiger partial charge in [-0.2, -0.15) is 0 Å². The fourth-order valence-electron chi connectivity index (χ4n) is 3.69. The van der Waals surface area contributed by atoms with E-state index in [-0.39, 0.29) is 13.0 Å². The van der Waals surface area contributed by atoms with E-state index in [1.54, 1.807) is 0 Å². The van der Waals surface area contributed by atoms with Crippen molar-refractivity contribution in [2.75, 3.05) is 13.2 Å². The highest BCUT2D eigenvalue weighted by Gasteiger charge is 2.46. The van der Waals surface area contributed by atoms with Crippen LogP contribution in [-0.4, -0.2) is 92.5 Å². The summed E-state index contributed by atoms with van der Waals surface area (Å²) < 4.78 is 10.4. The SMILES string of the molecule is CCCCCCCCCCCCCC(=O)OC(C1CO1)C(O)[C@H](O)[C@@H](O)[C@H](O)[C@H](O)CO. The molecule has 0 saturated carbocycles. The molecule has 1 fully saturated rings. The van der Waals surface area contributed by atoms with E-state index in [1.165, 1.54) is 44.9 Å². The third-order valence-corrected chi connectivity index (χ3v) is 5.95. The minimum Gasteiger partial charge on any atom is -0.457 e. The molecule has 32 heavy (non-hydrogen) atoms. The maximum atomic E-state index is 12.2. The van der Waals surface area contributed by atoms with Gasteiger partial charge in [0.05, 0.1) is 13.2 Å². The first-order chi connectivity index (χ1) is 15.3. The molecule has 0 radical (unpaired) electrons. The van der Waals surface area contributed by atoms with Crippen LogP contribution >= 0.6 is 0 Å². The van der Waals surface area contributed by atoms with E-state index >= 15 is 0 Å². The molecule has 0 aromatic carbocycles. The first kappa shape index (κ1) is 29.2. The molecule has 1 saturated heterocycles. The van der Waals surface area contributed by atoms with Gasteiger partial charge in [-0.3, -0.25) is 4.79 Å². The second-order valence-electron chi connectivity index (χ2n) is 8.82. The zero-order chi connectivity index (χ0) is 23.9. The summed E-state index contributed by atoms with van der Waals surface area (Å²) in [7, 11) is 0. The molecule has 1 heterocycles. The normalized spacial score (nSPS) is 21.4. The van der Waals surface area contributed by atoms with Crippen molar-refractivity contribution in [3.63, 3.8) is 0 Å². The number of unbranched alkanes of at least 4 members (excludes halogenated alkanes) is 10. The number of carbonyl (C=O) groups excluding carboxylic acids is 1. The van der Waals surface area contributed by atoms with Gasteiger partial charge in [0.2, 0.25) is 0 Å². The van der Waals surface area contributed by atoms with Gasteiger partial charge in [0, 0.05) is 6.42 Å². The van der Waals surface area contributed by atoms with Crippen molar-refractivity contribution in [3.05, 3.63) is 0 Å². The van der Waals surface area contributed by atoms with Crippen molar-refractivity contribution in [2.45, 2.75) is 127 Å². The van der Waals surface area contributed by atoms with Gasteiger partial charge in [-0.15, -0.1) is 0 Å². The topological polar surface area (TPSA) is 160 Å². The number of esters is 1. The smallest absolute Gasteiger partial charge is 0.306 e. The van der Waals surface area contributed by atoms with Gasteiger partial charge >= 0.3 is 5.97 Å². The van der Waals surface area contributed by atoms with Crippen LogP contribution in [0, 0.1) is 0 Å². The van der Waals surface area contributed by atoms with Crippen LogP contribution in [-0.2, 0) is 14.3 Å². The predicted octanol–water partition coefficient (Wildman–Crippen LogP) is 0.795. The zero-order valence-electron chi connectivity index (χ0n) is 19.3. The summed E-state index contributed by atoms with van der Waals surface area (Å²) >= 11 is 0. The Bertz CT molecular complexity index is 486. The molecule has 0 amide bonds. The van der Waals surface area contributed by atoms with E-state index in [2.05, 4.69) is 6.92 Å². The molecular formula is C23H44O9. The van der Waals surface area contributed by atoms with Crippen molar-refractivity contribution in [3.8, 4) is 0 Å². The maximum Gasteiger partial charge on any atom is 0.306 e. The summed E-state index contributed by atoms with van der Waals surface area (Å²) in [5.41, 5.74) is 0. The van der Waals surface area contributed by atoms with Crippen LogP contribution in [0.3, 0.4) is 0 Å². The molecular weight excluding hydrogens is 420 g/mol. The Morgan fingerprint density at radius 1 is 0.812 bits per heavy atom. The molecule has 9 heteroatoms. The zero-order valence-corrected chi connectivity index (χ0v) is 19.3. The van der Waals surface area contributed by atoms with Crippen molar-refractivity contribution in [1.82, 2.24) is 0 Å². The molecule has 7 atom stereocenters. The molecule has 0 aromatic heterocycles. The summed E-state index contributed by atoms with van der Waals surface area (Å²) in [5, 5.41) is 58.4. The van der Waals surface area contributed by atoms with Crippen molar-refractivity contribution >= 4 is 5.97 Å². The lowest BCUT2D eigenvalue weighted by Crippen LogP contribution is -2.54. The summed E-state index contributed by atoms with van der Waals surface area (Å²) in [5.74, 6) is -0.530. The lowest BCUT2D eigenvalue weighted by Gasteiger charge is -2.31. The minimum absolute atomic E-state index is 0.178. The van der Waals surface area contributed by atoms with Crippen LogP contribution < -0.4 is 0 Å². The molecule has 0 aliphatic carbocycles. The molecule has 9 nitrogen and oxygen atoms in total. The molecule has 190 valence electrons. The first-order valence-electron chi connectivity index (χ1n) is 12.2. The summed E-state index contributed by atoms with van der Waals surface area (Å²) in [4.78, 5) is 12.2. The average molecular weight is 465 g/mol. The molecule has 6 N–H and O–H groups in total. The highest BCUT2D eigenvalue weighted by atomic mass is 16.6.